The van der Waals surface area contributed by atoms with E-state index in [-0.39, 0.29) is 18.4 Å². The molecular weight excluding hydrogens is 320 g/mol. The van der Waals surface area contributed by atoms with Crippen LogP contribution in [-0.4, -0.2) is 24.9 Å². The molecule has 0 saturated heterocycles. The lowest BCUT2D eigenvalue weighted by atomic mass is 10.2. The summed E-state index contributed by atoms with van der Waals surface area (Å²) >= 11 is 9.17. The number of hydrogen-bond donors (Lipinski definition) is 2. The van der Waals surface area contributed by atoms with Gasteiger partial charge in [-0.3, -0.25) is 9.59 Å². The summed E-state index contributed by atoms with van der Waals surface area (Å²) in [6, 6.07) is 4.98. The van der Waals surface area contributed by atoms with Gasteiger partial charge in [0.1, 0.15) is 0 Å². The molecule has 1 aromatic rings. The predicted molar refractivity (Wildman–Crippen MR) is 74.8 cm³/mol. The molecule has 0 aliphatic rings. The van der Waals surface area contributed by atoms with Gasteiger partial charge >= 0.3 is 0 Å². The Hall–Kier alpha value is -1.07. The van der Waals surface area contributed by atoms with Crippen LogP contribution in [0.5, 0.6) is 0 Å². The monoisotopic (exact) mass is 332 g/mol. The minimum Gasteiger partial charge on any atom is -0.355 e. The van der Waals surface area contributed by atoms with E-state index >= 15 is 0 Å². The van der Waals surface area contributed by atoms with Crippen LogP contribution in [0, 0.1) is 0 Å². The van der Waals surface area contributed by atoms with Crippen molar-refractivity contribution in [2.45, 2.75) is 13.3 Å². The summed E-state index contributed by atoms with van der Waals surface area (Å²) in [5.41, 5.74) is 0.342. The average Bonchev–Trinajstić information content (AvgIpc) is 2.36. The van der Waals surface area contributed by atoms with Crippen molar-refractivity contribution in [1.82, 2.24) is 10.6 Å². The number of halogens is 2. The van der Waals surface area contributed by atoms with Crippen LogP contribution < -0.4 is 10.6 Å². The van der Waals surface area contributed by atoms with Gasteiger partial charge in [0.2, 0.25) is 5.91 Å². The van der Waals surface area contributed by atoms with E-state index < -0.39 is 0 Å². The lowest BCUT2D eigenvalue weighted by molar-refractivity contribution is -0.120. The predicted octanol–water partition coefficient (Wildman–Crippen LogP) is 2.36. The van der Waals surface area contributed by atoms with Crippen molar-refractivity contribution >= 4 is 39.3 Å². The standard InChI is InChI=1S/C12H14BrClN2O2/c1-2-5-15-11(17)7-16-12(18)9-6-8(13)3-4-10(9)14/h3-4,6H,2,5,7H2,1H3,(H,15,17)(H,16,18). The van der Waals surface area contributed by atoms with Crippen molar-refractivity contribution in [2.75, 3.05) is 13.1 Å². The van der Waals surface area contributed by atoms with Gasteiger partial charge in [0.05, 0.1) is 17.1 Å². The molecule has 0 heterocycles. The largest absolute Gasteiger partial charge is 0.355 e. The number of hydrogen-bond acceptors (Lipinski definition) is 2. The highest BCUT2D eigenvalue weighted by Crippen LogP contribution is 2.20. The zero-order chi connectivity index (χ0) is 13.5. The normalized spacial score (nSPS) is 9.94. The van der Waals surface area contributed by atoms with Crippen molar-refractivity contribution in [3.63, 3.8) is 0 Å². The SMILES string of the molecule is CCCNC(=O)CNC(=O)c1cc(Br)ccc1Cl. The lowest BCUT2D eigenvalue weighted by Gasteiger charge is -2.07. The van der Waals surface area contributed by atoms with E-state index in [0.717, 1.165) is 10.9 Å². The van der Waals surface area contributed by atoms with Crippen molar-refractivity contribution in [3.8, 4) is 0 Å². The Bertz CT molecular complexity index is 452. The quantitative estimate of drug-likeness (QED) is 0.869. The highest BCUT2D eigenvalue weighted by atomic mass is 79.9. The lowest BCUT2D eigenvalue weighted by Crippen LogP contribution is -2.37. The molecule has 1 aromatic carbocycles. The summed E-state index contributed by atoms with van der Waals surface area (Å²) in [6.07, 6.45) is 0.858. The summed E-state index contributed by atoms with van der Waals surface area (Å²) in [4.78, 5) is 23.1. The minimum atomic E-state index is -0.368. The number of nitrogens with one attached hydrogen (secondary N) is 2. The molecule has 0 saturated carbocycles. The molecule has 0 spiro atoms. The van der Waals surface area contributed by atoms with E-state index in [1.165, 1.54) is 0 Å². The first kappa shape index (κ1) is 15.0. The van der Waals surface area contributed by atoms with E-state index in [0.29, 0.717) is 17.1 Å². The van der Waals surface area contributed by atoms with Gasteiger partial charge in [-0.1, -0.05) is 34.5 Å². The van der Waals surface area contributed by atoms with Gasteiger partial charge in [-0.2, -0.15) is 0 Å². The maximum Gasteiger partial charge on any atom is 0.253 e. The van der Waals surface area contributed by atoms with Gasteiger partial charge in [-0.15, -0.1) is 0 Å². The Morgan fingerprint density at radius 1 is 1.33 bits per heavy atom. The van der Waals surface area contributed by atoms with Crippen molar-refractivity contribution in [2.24, 2.45) is 0 Å². The molecule has 0 aromatic heterocycles. The summed E-state index contributed by atoms with van der Waals surface area (Å²) in [5, 5.41) is 5.54. The fourth-order valence-corrected chi connectivity index (χ4v) is 1.82. The second-order valence-corrected chi connectivity index (χ2v) is 4.98. The Labute approximate surface area is 119 Å². The van der Waals surface area contributed by atoms with Crippen LogP contribution in [0.1, 0.15) is 23.7 Å². The highest BCUT2D eigenvalue weighted by molar-refractivity contribution is 9.10. The second kappa shape index (κ2) is 7.38. The first-order valence-corrected chi connectivity index (χ1v) is 6.71. The smallest absolute Gasteiger partial charge is 0.253 e. The Kier molecular flexibility index (Phi) is 6.15. The molecule has 18 heavy (non-hydrogen) atoms. The first-order chi connectivity index (χ1) is 8.54. The second-order valence-electron chi connectivity index (χ2n) is 3.66. The molecule has 2 N–H and O–H groups in total. The Morgan fingerprint density at radius 2 is 2.06 bits per heavy atom. The molecule has 0 fully saturated rings. The van der Waals surface area contributed by atoms with Crippen LogP contribution in [0.2, 0.25) is 5.02 Å². The molecule has 0 unspecified atom stereocenters. The maximum atomic E-state index is 11.8. The van der Waals surface area contributed by atoms with E-state index in [1.54, 1.807) is 18.2 Å². The fourth-order valence-electron chi connectivity index (χ4n) is 1.25. The molecule has 0 radical (unpaired) electrons. The molecule has 0 aliphatic heterocycles. The first-order valence-electron chi connectivity index (χ1n) is 5.54. The molecule has 0 aliphatic carbocycles. The van der Waals surface area contributed by atoms with Crippen LogP contribution >= 0.6 is 27.5 Å². The number of carbonyl (C=O) groups excluding carboxylic acids is 2. The average molecular weight is 334 g/mol. The van der Waals surface area contributed by atoms with Crippen LogP contribution in [0.3, 0.4) is 0 Å². The molecule has 2 amide bonds. The topological polar surface area (TPSA) is 58.2 Å². The fraction of sp³-hybridized carbons (Fsp3) is 0.333. The van der Waals surface area contributed by atoms with E-state index in [2.05, 4.69) is 26.6 Å². The van der Waals surface area contributed by atoms with Crippen LogP contribution in [0.25, 0.3) is 0 Å². The third-order valence-electron chi connectivity index (χ3n) is 2.15. The van der Waals surface area contributed by atoms with E-state index in [9.17, 15) is 9.59 Å². The zero-order valence-electron chi connectivity index (χ0n) is 9.93. The molecule has 6 heteroatoms. The number of carbonyl (C=O) groups is 2. The molecule has 0 atom stereocenters. The Morgan fingerprint density at radius 3 is 2.72 bits per heavy atom. The number of amides is 2. The summed E-state index contributed by atoms with van der Waals surface area (Å²) in [7, 11) is 0. The molecule has 98 valence electrons. The summed E-state index contributed by atoms with van der Waals surface area (Å²) in [6.45, 7) is 2.51. The third kappa shape index (κ3) is 4.66. The third-order valence-corrected chi connectivity index (χ3v) is 2.98. The zero-order valence-corrected chi connectivity index (χ0v) is 12.3. The van der Waals surface area contributed by atoms with Gasteiger partial charge in [-0.25, -0.2) is 0 Å². The van der Waals surface area contributed by atoms with E-state index in [1.807, 2.05) is 6.92 Å². The van der Waals surface area contributed by atoms with E-state index in [4.69, 9.17) is 11.6 Å². The van der Waals surface area contributed by atoms with Crippen LogP contribution in [0.4, 0.5) is 0 Å². The molecule has 1 rings (SSSR count). The Balaban J connectivity index is 2.55. The van der Waals surface area contributed by atoms with Crippen molar-refractivity contribution in [1.29, 1.82) is 0 Å². The molecule has 0 bridgehead atoms. The summed E-state index contributed by atoms with van der Waals surface area (Å²) < 4.78 is 0.757. The minimum absolute atomic E-state index is 0.0539. The van der Waals surface area contributed by atoms with Crippen molar-refractivity contribution in [3.05, 3.63) is 33.3 Å². The van der Waals surface area contributed by atoms with Gasteiger partial charge < -0.3 is 10.6 Å². The molecule has 4 nitrogen and oxygen atoms in total. The molecular formula is C12H14BrClN2O2. The van der Waals surface area contributed by atoms with Gasteiger partial charge in [-0.05, 0) is 24.6 Å². The van der Waals surface area contributed by atoms with Gasteiger partial charge in [0.15, 0.2) is 0 Å². The summed E-state index contributed by atoms with van der Waals surface area (Å²) in [5.74, 6) is -0.579. The maximum absolute atomic E-state index is 11.8. The number of benzene rings is 1. The highest BCUT2D eigenvalue weighted by Gasteiger charge is 2.11. The van der Waals surface area contributed by atoms with Crippen LogP contribution in [0.15, 0.2) is 22.7 Å². The van der Waals surface area contributed by atoms with Crippen molar-refractivity contribution < 1.29 is 9.59 Å². The van der Waals surface area contributed by atoms with Gasteiger partial charge in [0.25, 0.3) is 5.91 Å². The van der Waals surface area contributed by atoms with Crippen LogP contribution in [-0.2, 0) is 4.79 Å². The van der Waals surface area contributed by atoms with Gasteiger partial charge in [0, 0.05) is 11.0 Å². The number of rotatable bonds is 5.